The lowest BCUT2D eigenvalue weighted by Gasteiger charge is -2.43. The quantitative estimate of drug-likeness (QED) is 0.433. The van der Waals surface area contributed by atoms with Crippen molar-refractivity contribution >= 4 is 17.9 Å². The van der Waals surface area contributed by atoms with Crippen molar-refractivity contribution < 1.29 is 28.2 Å². The summed E-state index contributed by atoms with van der Waals surface area (Å²) in [5.74, 6) is -1.06. The average molecular weight is 565 g/mol. The highest BCUT2D eigenvalue weighted by Crippen LogP contribution is 2.47. The van der Waals surface area contributed by atoms with Crippen LogP contribution < -0.4 is 10.6 Å². The minimum Gasteiger partial charge on any atom is -0.437 e. The molecule has 2 aromatic heterocycles. The Morgan fingerprint density at radius 1 is 1.10 bits per heavy atom. The number of carbonyl (C=O) groups is 2. The van der Waals surface area contributed by atoms with E-state index in [0.29, 0.717) is 75.5 Å². The molecule has 2 fully saturated rings. The number of urea groups is 1. The third-order valence-corrected chi connectivity index (χ3v) is 8.99. The third kappa shape index (κ3) is 4.41. The van der Waals surface area contributed by atoms with Crippen molar-refractivity contribution in [3.63, 3.8) is 0 Å². The largest absolute Gasteiger partial charge is 0.437 e. The summed E-state index contributed by atoms with van der Waals surface area (Å²) < 4.78 is 36.6. The zero-order valence-corrected chi connectivity index (χ0v) is 22.3. The summed E-state index contributed by atoms with van der Waals surface area (Å²) in [5.41, 5.74) is -0.133. The van der Waals surface area contributed by atoms with Crippen LogP contribution in [0.3, 0.4) is 0 Å². The number of anilines is 1. The SMILES string of the molecule is O=C1Nc2ncccc2C2(CCN(C(=O)N[C@@H]3CC[C@@H](c4cccc(F)c4F)Cn4c(C5(O)CC5)cnc43)CC2)O1. The van der Waals surface area contributed by atoms with Gasteiger partial charge in [-0.25, -0.2) is 28.3 Å². The van der Waals surface area contributed by atoms with E-state index in [1.165, 1.54) is 6.07 Å². The van der Waals surface area contributed by atoms with Crippen LogP contribution in [0.5, 0.6) is 0 Å². The molecule has 4 aliphatic rings. The number of nitrogens with one attached hydrogen (secondary N) is 2. The summed E-state index contributed by atoms with van der Waals surface area (Å²) in [6.07, 6.45) is 5.67. The molecule has 41 heavy (non-hydrogen) atoms. The summed E-state index contributed by atoms with van der Waals surface area (Å²) in [7, 11) is 0. The molecule has 1 saturated carbocycles. The molecule has 1 spiro atoms. The number of rotatable bonds is 3. The van der Waals surface area contributed by atoms with Crippen molar-refractivity contribution in [1.82, 2.24) is 24.8 Å². The van der Waals surface area contributed by atoms with E-state index >= 15 is 0 Å². The number of imidazole rings is 1. The Balaban J connectivity index is 1.11. The van der Waals surface area contributed by atoms with Crippen LogP contribution in [0, 0.1) is 11.6 Å². The van der Waals surface area contributed by atoms with Crippen molar-refractivity contribution in [3.05, 3.63) is 77.0 Å². The van der Waals surface area contributed by atoms with Crippen LogP contribution in [0.4, 0.5) is 24.2 Å². The van der Waals surface area contributed by atoms with Crippen LogP contribution in [-0.4, -0.2) is 49.8 Å². The molecule has 12 heteroatoms. The molecule has 3 aliphatic heterocycles. The third-order valence-electron chi connectivity index (χ3n) is 8.99. The lowest BCUT2D eigenvalue weighted by molar-refractivity contribution is -0.0308. The molecule has 3 N–H and O–H groups in total. The van der Waals surface area contributed by atoms with E-state index in [1.807, 2.05) is 10.6 Å². The minimum atomic E-state index is -0.992. The van der Waals surface area contributed by atoms with Crippen molar-refractivity contribution in [2.45, 2.75) is 68.2 Å². The van der Waals surface area contributed by atoms with Gasteiger partial charge >= 0.3 is 12.1 Å². The molecule has 1 aromatic carbocycles. The van der Waals surface area contributed by atoms with E-state index in [1.54, 1.807) is 29.4 Å². The van der Waals surface area contributed by atoms with Crippen molar-refractivity contribution in [1.29, 1.82) is 0 Å². The van der Waals surface area contributed by atoms with Gasteiger partial charge in [-0.3, -0.25) is 5.32 Å². The highest BCUT2D eigenvalue weighted by Gasteiger charge is 2.48. The van der Waals surface area contributed by atoms with E-state index in [9.17, 15) is 23.5 Å². The molecular weight excluding hydrogens is 534 g/mol. The summed E-state index contributed by atoms with van der Waals surface area (Å²) in [5, 5.41) is 16.7. The normalized spacial score (nSPS) is 24.0. The number of likely N-dealkylation sites (tertiary alicyclic amines) is 1. The van der Waals surface area contributed by atoms with Crippen LogP contribution in [0.2, 0.25) is 0 Å². The van der Waals surface area contributed by atoms with Gasteiger partial charge in [0.1, 0.15) is 22.8 Å². The Hall–Kier alpha value is -4.06. The number of aromatic nitrogens is 3. The first kappa shape index (κ1) is 25.9. The number of benzene rings is 1. The fourth-order valence-electron chi connectivity index (χ4n) is 6.55. The summed E-state index contributed by atoms with van der Waals surface area (Å²) in [4.78, 5) is 36.3. The first-order valence-corrected chi connectivity index (χ1v) is 14.0. The van der Waals surface area contributed by atoms with E-state index in [-0.39, 0.29) is 17.5 Å². The zero-order valence-electron chi connectivity index (χ0n) is 22.3. The number of piperidine rings is 1. The van der Waals surface area contributed by atoms with E-state index < -0.39 is 35.0 Å². The lowest BCUT2D eigenvalue weighted by atomic mass is 9.83. The van der Waals surface area contributed by atoms with E-state index in [2.05, 4.69) is 20.6 Å². The first-order valence-electron chi connectivity index (χ1n) is 14.0. The van der Waals surface area contributed by atoms with Gasteiger partial charge in [-0.1, -0.05) is 12.1 Å². The number of nitrogens with zero attached hydrogens (tertiary/aromatic N) is 4. The van der Waals surface area contributed by atoms with Crippen LogP contribution in [-0.2, 0) is 22.5 Å². The van der Waals surface area contributed by atoms with Crippen molar-refractivity contribution in [2.75, 3.05) is 18.4 Å². The molecule has 0 bridgehead atoms. The topological polar surface area (TPSA) is 122 Å². The average Bonchev–Trinajstić information content (AvgIpc) is 3.61. The van der Waals surface area contributed by atoms with Crippen LogP contribution in [0.25, 0.3) is 0 Å². The minimum absolute atomic E-state index is 0.276. The molecule has 214 valence electrons. The Morgan fingerprint density at radius 2 is 1.90 bits per heavy atom. The predicted molar refractivity (Wildman–Crippen MR) is 142 cm³/mol. The Kier molecular flexibility index (Phi) is 6.00. The van der Waals surface area contributed by atoms with Crippen LogP contribution >= 0.6 is 0 Å². The molecule has 7 rings (SSSR count). The van der Waals surface area contributed by atoms with Crippen molar-refractivity contribution in [3.8, 4) is 0 Å². The predicted octanol–water partition coefficient (Wildman–Crippen LogP) is 4.42. The van der Waals surface area contributed by atoms with Gasteiger partial charge in [0.15, 0.2) is 11.6 Å². The Bertz CT molecular complexity index is 1530. The van der Waals surface area contributed by atoms with Crippen molar-refractivity contribution in [2.24, 2.45) is 0 Å². The maximum Gasteiger partial charge on any atom is 0.413 e. The van der Waals surface area contributed by atoms with Gasteiger partial charge in [-0.15, -0.1) is 0 Å². The molecule has 3 aromatic rings. The number of amides is 3. The van der Waals surface area contributed by atoms with Gasteiger partial charge in [-0.05, 0) is 49.4 Å². The maximum atomic E-state index is 14.8. The molecule has 2 atom stereocenters. The number of pyridine rings is 1. The lowest BCUT2D eigenvalue weighted by Crippen LogP contribution is -2.52. The zero-order chi connectivity index (χ0) is 28.4. The van der Waals surface area contributed by atoms with Gasteiger partial charge in [0.2, 0.25) is 0 Å². The molecule has 1 saturated heterocycles. The second-order valence-electron chi connectivity index (χ2n) is 11.5. The molecular formula is C29H30F2N6O4. The molecule has 3 amide bonds. The number of halogens is 2. The molecule has 1 aliphatic carbocycles. The Morgan fingerprint density at radius 3 is 2.68 bits per heavy atom. The van der Waals surface area contributed by atoms with Gasteiger partial charge in [0, 0.05) is 50.2 Å². The fraction of sp³-hybridized carbons (Fsp3) is 0.448. The first-order chi connectivity index (χ1) is 19.8. The Labute approximate surface area is 234 Å². The van der Waals surface area contributed by atoms with E-state index in [0.717, 1.165) is 11.6 Å². The number of hydrogen-bond donors (Lipinski definition) is 3. The van der Waals surface area contributed by atoms with Gasteiger partial charge in [0.25, 0.3) is 0 Å². The summed E-state index contributed by atoms with van der Waals surface area (Å²) in [6.45, 7) is 1.03. The number of aliphatic hydroxyl groups is 1. The van der Waals surface area contributed by atoms with Gasteiger partial charge in [0.05, 0.1) is 17.9 Å². The molecule has 0 unspecified atom stereocenters. The molecule has 10 nitrogen and oxygen atoms in total. The number of ether oxygens (including phenoxy) is 1. The smallest absolute Gasteiger partial charge is 0.413 e. The monoisotopic (exact) mass is 564 g/mol. The molecule has 0 radical (unpaired) electrons. The summed E-state index contributed by atoms with van der Waals surface area (Å²) in [6, 6.07) is 7.10. The van der Waals surface area contributed by atoms with Gasteiger partial charge < -0.3 is 24.6 Å². The number of carbonyl (C=O) groups excluding carboxylic acids is 2. The second-order valence-corrected chi connectivity index (χ2v) is 11.5. The molecule has 5 heterocycles. The second kappa shape index (κ2) is 9.51. The van der Waals surface area contributed by atoms with Crippen LogP contribution in [0.1, 0.15) is 73.1 Å². The standard InChI is InChI=1S/C29H30F2N6O4/c30-20-5-1-3-18(23(20)31)17-6-7-21(25-33-15-22(37(25)16-17)28(40)8-9-28)34-26(38)36-13-10-29(11-14-36)19-4-2-12-32-24(19)35-27(39)41-29/h1-5,12,15,17,21,40H,6-11,13-14,16H2,(H,34,38)(H,32,35,39)/t17-,21-/m1/s1. The van der Waals surface area contributed by atoms with Crippen LogP contribution in [0.15, 0.2) is 42.7 Å². The highest BCUT2D eigenvalue weighted by atomic mass is 19.2. The number of hydrogen-bond acceptors (Lipinski definition) is 6. The fourth-order valence-corrected chi connectivity index (χ4v) is 6.55. The maximum absolute atomic E-state index is 14.8. The number of fused-ring (bicyclic) bond motifs is 3. The van der Waals surface area contributed by atoms with E-state index in [4.69, 9.17) is 4.74 Å². The summed E-state index contributed by atoms with van der Waals surface area (Å²) >= 11 is 0. The highest BCUT2D eigenvalue weighted by molar-refractivity contribution is 5.87. The van der Waals surface area contributed by atoms with Gasteiger partial charge in [-0.2, -0.15) is 0 Å².